The summed E-state index contributed by atoms with van der Waals surface area (Å²) in [6, 6.07) is 26.6. The predicted molar refractivity (Wildman–Crippen MR) is 179 cm³/mol. The van der Waals surface area contributed by atoms with Crippen molar-refractivity contribution in [1.29, 1.82) is 0 Å². The number of β-lactam (4-membered cyclic amide) rings is 1. The summed E-state index contributed by atoms with van der Waals surface area (Å²) in [5, 5.41) is 4.39. The van der Waals surface area contributed by atoms with Crippen molar-refractivity contribution >= 4 is 50.2 Å². The average Bonchev–Trinajstić information content (AvgIpc) is 3.57. The fraction of sp³-hybridized carbons (Fsp3) is 0.235. The molecule has 0 bridgehead atoms. The highest BCUT2D eigenvalue weighted by atomic mass is 32.2. The molecule has 0 spiro atoms. The zero-order valence-electron chi connectivity index (χ0n) is 27.0. The Hall–Kier alpha value is -5.62. The summed E-state index contributed by atoms with van der Waals surface area (Å²) >= 11 is 0.795. The van der Waals surface area contributed by atoms with Crippen molar-refractivity contribution in [2.24, 2.45) is 11.1 Å². The molecule has 3 heterocycles. The standard InChI is InChI=1S/C34H28F3N5O8S2/c1-48-31(45)28-26(49-52(46,47)34(35,36)37)18-17-24-23(30(44)42(24)28)19-25(43)27(29-39-32(38)51-41-29)40-50-33(20-11-5-2-6-12-20,21-13-7-3-8-14-21)22-15-9-4-10-16-22/h2-16,23-24H,17-19H2,1H3,(H2,38,39,41)/b40-27+/t23-,24+/m0/s1. The Morgan fingerprint density at radius 1 is 0.962 bits per heavy atom. The molecule has 1 amide bonds. The number of nitrogens with two attached hydrogens (primary N) is 1. The highest BCUT2D eigenvalue weighted by molar-refractivity contribution is 7.87. The van der Waals surface area contributed by atoms with E-state index in [1.54, 1.807) is 0 Å². The maximum Gasteiger partial charge on any atom is 0.534 e. The molecule has 0 aliphatic carbocycles. The summed E-state index contributed by atoms with van der Waals surface area (Å²) in [7, 11) is -5.27. The molecule has 0 radical (unpaired) electrons. The summed E-state index contributed by atoms with van der Waals surface area (Å²) in [5.41, 5.74) is -0.527. The smallest absolute Gasteiger partial charge is 0.464 e. The number of esters is 1. The largest absolute Gasteiger partial charge is 0.534 e. The number of anilines is 1. The number of carbonyl (C=O) groups is 3. The number of nitrogens with zero attached hydrogens (tertiary/aromatic N) is 4. The first-order valence-electron chi connectivity index (χ1n) is 15.5. The number of alkyl halides is 3. The topological polar surface area (TPSA) is 180 Å². The number of aromatic nitrogens is 2. The molecular formula is C34H28F3N5O8S2. The normalized spacial score (nSPS) is 18.0. The molecule has 2 aliphatic rings. The Morgan fingerprint density at radius 2 is 1.50 bits per heavy atom. The molecule has 52 heavy (non-hydrogen) atoms. The van der Waals surface area contributed by atoms with Gasteiger partial charge in [0.25, 0.3) is 0 Å². The minimum atomic E-state index is -6.17. The second-order valence-electron chi connectivity index (χ2n) is 11.6. The fourth-order valence-electron chi connectivity index (χ4n) is 6.17. The van der Waals surface area contributed by atoms with Gasteiger partial charge in [0, 0.05) is 47.1 Å². The van der Waals surface area contributed by atoms with Crippen LogP contribution in [-0.2, 0) is 43.9 Å². The van der Waals surface area contributed by atoms with E-state index >= 15 is 0 Å². The third-order valence-electron chi connectivity index (χ3n) is 8.53. The number of hydrogen-bond acceptors (Lipinski definition) is 13. The van der Waals surface area contributed by atoms with Gasteiger partial charge in [0.05, 0.1) is 13.0 Å². The van der Waals surface area contributed by atoms with Crippen molar-refractivity contribution in [3.05, 3.63) is 125 Å². The van der Waals surface area contributed by atoms with E-state index in [-0.39, 0.29) is 23.1 Å². The van der Waals surface area contributed by atoms with E-state index < -0.39 is 75.1 Å². The van der Waals surface area contributed by atoms with Crippen LogP contribution in [0.2, 0.25) is 0 Å². The van der Waals surface area contributed by atoms with E-state index in [1.165, 1.54) is 0 Å². The van der Waals surface area contributed by atoms with Crippen molar-refractivity contribution in [2.45, 2.75) is 36.4 Å². The van der Waals surface area contributed by atoms with Crippen LogP contribution in [-0.4, -0.2) is 64.7 Å². The van der Waals surface area contributed by atoms with Gasteiger partial charge in [-0.1, -0.05) is 96.2 Å². The molecule has 6 rings (SSSR count). The summed E-state index contributed by atoms with van der Waals surface area (Å²) in [4.78, 5) is 51.6. The second kappa shape index (κ2) is 14.2. The molecule has 18 heteroatoms. The number of amides is 1. The number of ketones is 1. The minimum absolute atomic E-state index is 0.0170. The number of halogens is 3. The molecule has 3 aromatic carbocycles. The summed E-state index contributed by atoms with van der Waals surface area (Å²) in [5.74, 6) is -5.09. The minimum Gasteiger partial charge on any atom is -0.464 e. The van der Waals surface area contributed by atoms with Crippen LogP contribution in [0.1, 0.15) is 41.8 Å². The first-order valence-corrected chi connectivity index (χ1v) is 17.7. The van der Waals surface area contributed by atoms with Crippen LogP contribution in [0.25, 0.3) is 0 Å². The molecule has 1 fully saturated rings. The highest BCUT2D eigenvalue weighted by Crippen LogP contribution is 2.44. The van der Waals surface area contributed by atoms with Crippen LogP contribution >= 0.6 is 11.5 Å². The number of oxime groups is 1. The maximum absolute atomic E-state index is 14.1. The van der Waals surface area contributed by atoms with Crippen LogP contribution in [0, 0.1) is 5.92 Å². The van der Waals surface area contributed by atoms with Gasteiger partial charge in [-0.05, 0) is 6.42 Å². The number of nitrogen functional groups attached to an aromatic ring is 1. The number of benzene rings is 3. The maximum atomic E-state index is 14.1. The zero-order valence-corrected chi connectivity index (χ0v) is 28.7. The van der Waals surface area contributed by atoms with Gasteiger partial charge in [0.15, 0.2) is 28.1 Å². The van der Waals surface area contributed by atoms with Crippen molar-refractivity contribution in [3.63, 3.8) is 0 Å². The third-order valence-corrected chi connectivity index (χ3v) is 10.1. The summed E-state index contributed by atoms with van der Waals surface area (Å²) in [6.07, 6.45) is -1.14. The van der Waals surface area contributed by atoms with Gasteiger partial charge in [-0.25, -0.2) is 4.79 Å². The van der Waals surface area contributed by atoms with Crippen molar-refractivity contribution in [2.75, 3.05) is 12.8 Å². The molecule has 2 atom stereocenters. The van der Waals surface area contributed by atoms with E-state index in [0.29, 0.717) is 16.7 Å². The Morgan fingerprint density at radius 3 is 1.96 bits per heavy atom. The van der Waals surface area contributed by atoms with Gasteiger partial charge in [-0.15, -0.1) is 0 Å². The van der Waals surface area contributed by atoms with Gasteiger partial charge in [0.2, 0.25) is 17.3 Å². The van der Waals surface area contributed by atoms with E-state index in [9.17, 15) is 36.0 Å². The predicted octanol–water partition coefficient (Wildman–Crippen LogP) is 4.66. The number of hydrogen-bond donors (Lipinski definition) is 1. The molecule has 1 saturated heterocycles. The van der Waals surface area contributed by atoms with Crippen molar-refractivity contribution in [3.8, 4) is 0 Å². The van der Waals surface area contributed by atoms with Crippen LogP contribution in [0.4, 0.5) is 18.3 Å². The molecule has 0 saturated carbocycles. The van der Waals surface area contributed by atoms with E-state index in [4.69, 9.17) is 10.6 Å². The van der Waals surface area contributed by atoms with Gasteiger partial charge in [-0.3, -0.25) is 14.5 Å². The second-order valence-corrected chi connectivity index (χ2v) is 13.9. The molecule has 270 valence electrons. The van der Waals surface area contributed by atoms with Gasteiger partial charge in [0.1, 0.15) is 0 Å². The quantitative estimate of drug-likeness (QED) is 0.0404. The number of allylic oxidation sites excluding steroid dienone is 1. The fourth-order valence-corrected chi connectivity index (χ4v) is 7.13. The van der Waals surface area contributed by atoms with E-state index in [0.717, 1.165) is 23.5 Å². The molecule has 2 aliphatic heterocycles. The Balaban J connectivity index is 1.37. The van der Waals surface area contributed by atoms with Crippen LogP contribution in [0.5, 0.6) is 0 Å². The lowest BCUT2D eigenvalue weighted by Gasteiger charge is -2.49. The van der Waals surface area contributed by atoms with Crippen LogP contribution < -0.4 is 5.73 Å². The van der Waals surface area contributed by atoms with E-state index in [2.05, 4.69) is 23.4 Å². The molecular weight excluding hydrogens is 728 g/mol. The lowest BCUT2D eigenvalue weighted by Crippen LogP contribution is -2.63. The van der Waals surface area contributed by atoms with Crippen LogP contribution in [0.3, 0.4) is 0 Å². The average molecular weight is 756 g/mol. The number of rotatable bonds is 12. The van der Waals surface area contributed by atoms with E-state index in [1.807, 2.05) is 91.0 Å². The van der Waals surface area contributed by atoms with Gasteiger partial charge in [-0.2, -0.15) is 30.9 Å². The van der Waals surface area contributed by atoms with Gasteiger partial charge >= 0.3 is 21.6 Å². The number of ether oxygens (including phenoxy) is 1. The molecule has 4 aromatic rings. The first kappa shape index (κ1) is 36.2. The number of fused-ring (bicyclic) bond motifs is 1. The van der Waals surface area contributed by atoms with Crippen molar-refractivity contribution < 1.29 is 49.7 Å². The van der Waals surface area contributed by atoms with Gasteiger partial charge < -0.3 is 19.5 Å². The lowest BCUT2D eigenvalue weighted by molar-refractivity contribution is -0.161. The third kappa shape index (κ3) is 6.61. The summed E-state index contributed by atoms with van der Waals surface area (Å²) < 4.78 is 75.9. The molecule has 1 aromatic heterocycles. The highest BCUT2D eigenvalue weighted by Gasteiger charge is 2.56. The Labute approximate surface area is 298 Å². The number of Topliss-reactive ketones (excluding diaryl/α,β-unsaturated/α-hetero) is 1. The molecule has 0 unspecified atom stereocenters. The first-order chi connectivity index (χ1) is 24.8. The lowest BCUT2D eigenvalue weighted by atomic mass is 9.77. The number of methoxy groups -OCH3 is 1. The molecule has 13 nitrogen and oxygen atoms in total. The van der Waals surface area contributed by atoms with Crippen molar-refractivity contribution in [1.82, 2.24) is 14.3 Å². The molecule has 2 N–H and O–H groups in total. The zero-order chi connectivity index (χ0) is 37.3. The Bertz CT molecular complexity index is 2070. The summed E-state index contributed by atoms with van der Waals surface area (Å²) in [6.45, 7) is 0. The van der Waals surface area contributed by atoms with Crippen LogP contribution in [0.15, 0.2) is 108 Å². The SMILES string of the molecule is COC(=O)C1=C(OS(=O)(=O)C(F)(F)F)CC[C@@H]2[C@H](CC(=O)/C(=N\OC(c3ccccc3)(c3ccccc3)c3ccccc3)c3nsc(N)n3)C(=O)N12. The number of carbonyl (C=O) groups excluding carboxylic acids is 3. The monoisotopic (exact) mass is 755 g/mol. The Kier molecular flexibility index (Phi) is 9.87.